The zero-order chi connectivity index (χ0) is 18.5. The van der Waals surface area contributed by atoms with E-state index >= 15 is 0 Å². The maximum atomic E-state index is 6.12. The Bertz CT molecular complexity index is 865. The van der Waals surface area contributed by atoms with Crippen molar-refractivity contribution < 1.29 is 0 Å². The number of para-hydroxylation sites is 1. The van der Waals surface area contributed by atoms with Gasteiger partial charge in [-0.2, -0.15) is 0 Å². The zero-order valence-corrected chi connectivity index (χ0v) is 17.0. The quantitative estimate of drug-likeness (QED) is 0.378. The molecule has 0 N–H and O–H groups in total. The van der Waals surface area contributed by atoms with E-state index in [0.29, 0.717) is 5.88 Å². The molecule has 26 heavy (non-hydrogen) atoms. The van der Waals surface area contributed by atoms with Gasteiger partial charge in [0.25, 0.3) is 0 Å². The molecule has 140 valence electrons. The number of hydrogen-bond acceptors (Lipinski definition) is 2. The summed E-state index contributed by atoms with van der Waals surface area (Å²) in [7, 11) is 0. The monoisotopic (exact) mass is 371 g/mol. The van der Waals surface area contributed by atoms with Crippen LogP contribution >= 0.6 is 11.6 Å². The predicted octanol–water partition coefficient (Wildman–Crippen LogP) is 5.24. The SMILES string of the molecule is CCN(CC)CCCCc1ncc(C)c2c(CCCl)c3ccccc3n12. The molecule has 0 aliphatic carbocycles. The molecular weight excluding hydrogens is 342 g/mol. The van der Waals surface area contributed by atoms with Crippen molar-refractivity contribution in [2.45, 2.75) is 46.5 Å². The van der Waals surface area contributed by atoms with Gasteiger partial charge in [0.15, 0.2) is 0 Å². The fraction of sp³-hybridized carbons (Fsp3) is 0.500. The van der Waals surface area contributed by atoms with Crippen LogP contribution in [0.15, 0.2) is 30.5 Å². The van der Waals surface area contributed by atoms with E-state index in [9.17, 15) is 0 Å². The zero-order valence-electron chi connectivity index (χ0n) is 16.3. The van der Waals surface area contributed by atoms with Crippen LogP contribution in [0.2, 0.25) is 0 Å². The summed E-state index contributed by atoms with van der Waals surface area (Å²) in [6.07, 6.45) is 6.32. The van der Waals surface area contributed by atoms with Crippen LogP contribution in [-0.4, -0.2) is 39.8 Å². The molecule has 0 atom stereocenters. The van der Waals surface area contributed by atoms with Gasteiger partial charge in [0.05, 0.1) is 11.0 Å². The van der Waals surface area contributed by atoms with Crippen molar-refractivity contribution in [2.75, 3.05) is 25.5 Å². The van der Waals surface area contributed by atoms with E-state index in [2.05, 4.69) is 54.3 Å². The van der Waals surface area contributed by atoms with Crippen LogP contribution in [0, 0.1) is 6.92 Å². The highest BCUT2D eigenvalue weighted by Gasteiger charge is 2.16. The van der Waals surface area contributed by atoms with E-state index in [4.69, 9.17) is 16.6 Å². The Morgan fingerprint density at radius 2 is 1.85 bits per heavy atom. The molecule has 0 aliphatic heterocycles. The molecule has 3 aromatic rings. The molecule has 4 heteroatoms. The van der Waals surface area contributed by atoms with Gasteiger partial charge >= 0.3 is 0 Å². The molecule has 0 unspecified atom stereocenters. The third kappa shape index (κ3) is 3.74. The summed E-state index contributed by atoms with van der Waals surface area (Å²) in [5.41, 5.74) is 5.16. The number of aromatic nitrogens is 2. The third-order valence-corrected chi connectivity index (χ3v) is 5.57. The second kappa shape index (κ2) is 8.88. The van der Waals surface area contributed by atoms with Gasteiger partial charge in [-0.1, -0.05) is 32.0 Å². The highest BCUT2D eigenvalue weighted by atomic mass is 35.5. The van der Waals surface area contributed by atoms with Crippen molar-refractivity contribution >= 4 is 28.0 Å². The standard InChI is InChI=1S/C22H30ClN3/c1-4-25(5-2)15-9-8-12-21-24-16-17(3)22-19(13-14-23)18-10-6-7-11-20(18)26(21)22/h6-7,10-11,16H,4-5,8-9,12-15H2,1-3H3. The van der Waals surface area contributed by atoms with Crippen LogP contribution in [0.3, 0.4) is 0 Å². The first-order valence-corrected chi connectivity index (χ1v) is 10.4. The van der Waals surface area contributed by atoms with E-state index in [1.807, 2.05) is 6.20 Å². The van der Waals surface area contributed by atoms with E-state index in [1.54, 1.807) is 0 Å². The normalized spacial score (nSPS) is 11.9. The number of fused-ring (bicyclic) bond motifs is 3. The first-order chi connectivity index (χ1) is 12.7. The van der Waals surface area contributed by atoms with Crippen molar-refractivity contribution in [3.63, 3.8) is 0 Å². The lowest BCUT2D eigenvalue weighted by Gasteiger charge is -2.17. The lowest BCUT2D eigenvalue weighted by molar-refractivity contribution is 0.296. The fourth-order valence-electron chi connectivity index (χ4n) is 3.96. The van der Waals surface area contributed by atoms with Crippen molar-refractivity contribution in [1.82, 2.24) is 14.3 Å². The van der Waals surface area contributed by atoms with E-state index < -0.39 is 0 Å². The Kier molecular flexibility index (Phi) is 6.55. The second-order valence-corrected chi connectivity index (χ2v) is 7.34. The Balaban J connectivity index is 1.94. The number of aryl methyl sites for hydroxylation is 3. The third-order valence-electron chi connectivity index (χ3n) is 5.38. The molecule has 0 aliphatic rings. The lowest BCUT2D eigenvalue weighted by atomic mass is 10.1. The molecule has 0 saturated carbocycles. The molecule has 2 heterocycles. The van der Waals surface area contributed by atoms with Crippen LogP contribution in [0.1, 0.15) is 43.6 Å². The van der Waals surface area contributed by atoms with Crippen LogP contribution in [0.5, 0.6) is 0 Å². The average Bonchev–Trinajstić information content (AvgIpc) is 3.00. The highest BCUT2D eigenvalue weighted by Crippen LogP contribution is 2.30. The smallest absolute Gasteiger partial charge is 0.113 e. The van der Waals surface area contributed by atoms with Gasteiger partial charge in [0.2, 0.25) is 0 Å². The van der Waals surface area contributed by atoms with Gasteiger partial charge in [-0.3, -0.25) is 4.40 Å². The van der Waals surface area contributed by atoms with Gasteiger partial charge < -0.3 is 4.90 Å². The summed E-state index contributed by atoms with van der Waals surface area (Å²) in [5.74, 6) is 1.81. The van der Waals surface area contributed by atoms with Crippen molar-refractivity contribution in [3.8, 4) is 0 Å². The van der Waals surface area contributed by atoms with Gasteiger partial charge in [-0.15, -0.1) is 11.6 Å². The lowest BCUT2D eigenvalue weighted by Crippen LogP contribution is -2.24. The van der Waals surface area contributed by atoms with Crippen LogP contribution in [0.4, 0.5) is 0 Å². The molecule has 0 spiro atoms. The minimum Gasteiger partial charge on any atom is -0.304 e. The Morgan fingerprint density at radius 1 is 1.08 bits per heavy atom. The van der Waals surface area contributed by atoms with Crippen molar-refractivity contribution in [2.24, 2.45) is 0 Å². The summed E-state index contributed by atoms with van der Waals surface area (Å²) in [6.45, 7) is 10.1. The number of nitrogens with zero attached hydrogens (tertiary/aromatic N) is 3. The fourth-order valence-corrected chi connectivity index (χ4v) is 4.15. The van der Waals surface area contributed by atoms with E-state index in [-0.39, 0.29) is 0 Å². The van der Waals surface area contributed by atoms with Gasteiger partial charge in [0.1, 0.15) is 5.82 Å². The molecule has 0 saturated heterocycles. The van der Waals surface area contributed by atoms with Crippen molar-refractivity contribution in [3.05, 3.63) is 47.4 Å². The number of rotatable bonds is 9. The molecule has 0 radical (unpaired) electrons. The number of alkyl halides is 1. The summed E-state index contributed by atoms with van der Waals surface area (Å²) in [5, 5.41) is 1.31. The van der Waals surface area contributed by atoms with E-state index in [0.717, 1.165) is 25.9 Å². The predicted molar refractivity (Wildman–Crippen MR) is 113 cm³/mol. The molecule has 0 bridgehead atoms. The van der Waals surface area contributed by atoms with Gasteiger partial charge in [-0.25, -0.2) is 4.98 Å². The first kappa shape index (κ1) is 19.2. The Morgan fingerprint density at radius 3 is 2.58 bits per heavy atom. The number of hydrogen-bond donors (Lipinski definition) is 0. The molecule has 3 rings (SSSR count). The van der Waals surface area contributed by atoms with Crippen LogP contribution < -0.4 is 0 Å². The molecule has 1 aromatic carbocycles. The maximum absolute atomic E-state index is 6.12. The molecular formula is C22H30ClN3. The molecule has 0 amide bonds. The van der Waals surface area contributed by atoms with E-state index in [1.165, 1.54) is 52.8 Å². The summed E-state index contributed by atoms with van der Waals surface area (Å²) in [4.78, 5) is 7.29. The minimum absolute atomic E-state index is 0.643. The maximum Gasteiger partial charge on any atom is 0.113 e. The minimum atomic E-state index is 0.643. The Labute approximate surface area is 162 Å². The van der Waals surface area contributed by atoms with Crippen LogP contribution in [0.25, 0.3) is 16.4 Å². The summed E-state index contributed by atoms with van der Waals surface area (Å²) in [6, 6.07) is 8.66. The summed E-state index contributed by atoms with van der Waals surface area (Å²) >= 11 is 6.12. The average molecular weight is 372 g/mol. The molecule has 3 nitrogen and oxygen atoms in total. The first-order valence-electron chi connectivity index (χ1n) is 9.86. The number of halogens is 1. The Hall–Kier alpha value is -1.58. The number of unbranched alkanes of at least 4 members (excludes halogenated alkanes) is 1. The van der Waals surface area contributed by atoms with Crippen LogP contribution in [-0.2, 0) is 12.8 Å². The van der Waals surface area contributed by atoms with Gasteiger partial charge in [-0.05, 0) is 63.0 Å². The molecule has 0 fully saturated rings. The second-order valence-electron chi connectivity index (χ2n) is 6.96. The largest absolute Gasteiger partial charge is 0.304 e. The summed E-state index contributed by atoms with van der Waals surface area (Å²) < 4.78 is 2.38. The van der Waals surface area contributed by atoms with Gasteiger partial charge in [0, 0.05) is 23.9 Å². The topological polar surface area (TPSA) is 20.5 Å². The number of benzene rings is 1. The van der Waals surface area contributed by atoms with Crippen molar-refractivity contribution in [1.29, 1.82) is 0 Å². The highest BCUT2D eigenvalue weighted by molar-refractivity contribution is 6.18. The molecule has 2 aromatic heterocycles.